The minimum atomic E-state index is -0.429. The molecule has 0 amide bonds. The predicted octanol–water partition coefficient (Wildman–Crippen LogP) is 0.999. The Balaban J connectivity index is 2.78. The highest BCUT2D eigenvalue weighted by molar-refractivity contribution is 7.13. The molecule has 0 aliphatic carbocycles. The van der Waals surface area contributed by atoms with Gasteiger partial charge in [-0.2, -0.15) is 0 Å². The summed E-state index contributed by atoms with van der Waals surface area (Å²) in [6.45, 7) is 0.466. The van der Waals surface area contributed by atoms with Crippen LogP contribution in [-0.2, 0) is 4.74 Å². The van der Waals surface area contributed by atoms with Crippen molar-refractivity contribution in [2.45, 2.75) is 0 Å². The quantitative estimate of drug-likeness (QED) is 0.551. The summed E-state index contributed by atoms with van der Waals surface area (Å²) < 4.78 is 4.54. The van der Waals surface area contributed by atoms with Gasteiger partial charge in [0.05, 0.1) is 13.7 Å². The molecule has 1 aromatic heterocycles. The molecule has 0 spiro atoms. The molecule has 0 bridgehead atoms. The number of methoxy groups -OCH3 is 1. The van der Waals surface area contributed by atoms with Gasteiger partial charge in [-0.15, -0.1) is 17.8 Å². The molecule has 0 saturated carbocycles. The van der Waals surface area contributed by atoms with E-state index in [2.05, 4.69) is 15.6 Å². The number of ether oxygens (including phenoxy) is 1. The molecule has 1 aromatic rings. The van der Waals surface area contributed by atoms with Crippen LogP contribution in [-0.4, -0.2) is 31.7 Å². The maximum atomic E-state index is 11.1. The number of hydrogen-bond acceptors (Lipinski definition) is 5. The third-order valence-electron chi connectivity index (χ3n) is 1.54. The maximum absolute atomic E-state index is 11.1. The first-order valence-electron chi connectivity index (χ1n) is 3.87. The molecule has 1 rings (SSSR count). The zero-order valence-corrected chi connectivity index (χ0v) is 8.80. The lowest BCUT2D eigenvalue weighted by Gasteiger charge is -2.10. The molecule has 0 atom stereocenters. The fraction of sp³-hybridized carbons (Fsp3) is 0.333. The largest absolute Gasteiger partial charge is 0.464 e. The normalized spacial score (nSPS) is 9.21. The lowest BCUT2D eigenvalue weighted by Crippen LogP contribution is -2.17. The highest BCUT2D eigenvalue weighted by Crippen LogP contribution is 2.19. The molecule has 5 heteroatoms. The molecule has 0 aromatic carbocycles. The smallest absolute Gasteiger partial charge is 0.357 e. The Hall–Kier alpha value is -1.54. The maximum Gasteiger partial charge on any atom is 0.357 e. The number of hydrogen-bond donors (Lipinski definition) is 0. The minimum absolute atomic E-state index is 0.316. The van der Waals surface area contributed by atoms with E-state index in [0.29, 0.717) is 17.4 Å². The van der Waals surface area contributed by atoms with Crippen molar-refractivity contribution in [2.24, 2.45) is 0 Å². The summed E-state index contributed by atoms with van der Waals surface area (Å²) in [6.07, 6.45) is 5.15. The van der Waals surface area contributed by atoms with Crippen molar-refractivity contribution in [3.8, 4) is 12.3 Å². The van der Waals surface area contributed by atoms with Gasteiger partial charge >= 0.3 is 5.97 Å². The van der Waals surface area contributed by atoms with Crippen LogP contribution in [0.4, 0.5) is 5.13 Å². The van der Waals surface area contributed by atoms with Crippen molar-refractivity contribution in [3.63, 3.8) is 0 Å². The summed E-state index contributed by atoms with van der Waals surface area (Å²) in [5, 5.41) is 2.36. The molecule has 0 aliphatic rings. The molecule has 0 aliphatic heterocycles. The van der Waals surface area contributed by atoms with E-state index in [1.165, 1.54) is 18.4 Å². The van der Waals surface area contributed by atoms with Crippen LogP contribution in [0.15, 0.2) is 5.38 Å². The lowest BCUT2D eigenvalue weighted by molar-refractivity contribution is 0.0595. The lowest BCUT2D eigenvalue weighted by atomic mass is 10.5. The van der Waals surface area contributed by atoms with Gasteiger partial charge in [0.25, 0.3) is 0 Å². The molecule has 0 saturated heterocycles. The molecular weight excluding hydrogens is 200 g/mol. The van der Waals surface area contributed by atoms with Crippen molar-refractivity contribution in [3.05, 3.63) is 11.1 Å². The average molecular weight is 210 g/mol. The van der Waals surface area contributed by atoms with Crippen molar-refractivity contribution < 1.29 is 9.53 Å². The number of aromatic nitrogens is 1. The van der Waals surface area contributed by atoms with Crippen LogP contribution < -0.4 is 4.90 Å². The Bertz CT molecular complexity index is 367. The van der Waals surface area contributed by atoms with Crippen molar-refractivity contribution in [2.75, 3.05) is 25.6 Å². The van der Waals surface area contributed by atoms with Crippen LogP contribution in [0.2, 0.25) is 0 Å². The molecule has 0 N–H and O–H groups in total. The summed E-state index contributed by atoms with van der Waals surface area (Å²) in [7, 11) is 3.15. The number of carbonyl (C=O) groups excluding carboxylic acids is 1. The van der Waals surface area contributed by atoms with Crippen LogP contribution in [0.3, 0.4) is 0 Å². The molecular formula is C9H10N2O2S. The summed E-state index contributed by atoms with van der Waals surface area (Å²) in [5.74, 6) is 2.07. The monoisotopic (exact) mass is 210 g/mol. The highest BCUT2D eigenvalue weighted by atomic mass is 32.1. The van der Waals surface area contributed by atoms with Gasteiger partial charge < -0.3 is 9.64 Å². The van der Waals surface area contributed by atoms with E-state index in [0.717, 1.165) is 0 Å². The second-order valence-electron chi connectivity index (χ2n) is 2.57. The molecule has 0 unspecified atom stereocenters. The van der Waals surface area contributed by atoms with Crippen LogP contribution >= 0.6 is 11.3 Å². The zero-order valence-electron chi connectivity index (χ0n) is 7.98. The number of nitrogens with zero attached hydrogens (tertiary/aromatic N) is 2. The van der Waals surface area contributed by atoms with Crippen molar-refractivity contribution >= 4 is 22.4 Å². The van der Waals surface area contributed by atoms with Gasteiger partial charge in [0, 0.05) is 12.4 Å². The van der Waals surface area contributed by atoms with Gasteiger partial charge in [0.2, 0.25) is 0 Å². The van der Waals surface area contributed by atoms with E-state index in [4.69, 9.17) is 6.42 Å². The van der Waals surface area contributed by atoms with Crippen LogP contribution in [0.1, 0.15) is 10.5 Å². The Morgan fingerprint density at radius 3 is 3.14 bits per heavy atom. The van der Waals surface area contributed by atoms with E-state index in [1.807, 2.05) is 7.05 Å². The first-order valence-corrected chi connectivity index (χ1v) is 4.75. The minimum Gasteiger partial charge on any atom is -0.464 e. The molecule has 14 heavy (non-hydrogen) atoms. The van der Waals surface area contributed by atoms with E-state index in [1.54, 1.807) is 10.3 Å². The van der Waals surface area contributed by atoms with Gasteiger partial charge in [0.15, 0.2) is 10.8 Å². The topological polar surface area (TPSA) is 42.4 Å². The van der Waals surface area contributed by atoms with E-state index in [-0.39, 0.29) is 0 Å². The Kier molecular flexibility index (Phi) is 3.48. The van der Waals surface area contributed by atoms with E-state index < -0.39 is 5.97 Å². The van der Waals surface area contributed by atoms with Gasteiger partial charge in [-0.1, -0.05) is 5.92 Å². The Morgan fingerprint density at radius 1 is 1.86 bits per heavy atom. The van der Waals surface area contributed by atoms with Gasteiger partial charge in [-0.05, 0) is 0 Å². The first kappa shape index (κ1) is 10.5. The van der Waals surface area contributed by atoms with E-state index >= 15 is 0 Å². The number of esters is 1. The van der Waals surface area contributed by atoms with Crippen LogP contribution in [0, 0.1) is 12.3 Å². The number of anilines is 1. The summed E-state index contributed by atoms with van der Waals surface area (Å²) >= 11 is 1.36. The van der Waals surface area contributed by atoms with Crippen LogP contribution in [0.25, 0.3) is 0 Å². The second-order valence-corrected chi connectivity index (χ2v) is 3.40. The fourth-order valence-electron chi connectivity index (χ4n) is 0.842. The zero-order chi connectivity index (χ0) is 10.6. The highest BCUT2D eigenvalue weighted by Gasteiger charge is 2.12. The first-order chi connectivity index (χ1) is 6.69. The number of terminal acetylenes is 1. The molecule has 0 radical (unpaired) electrons. The third kappa shape index (κ3) is 2.24. The van der Waals surface area contributed by atoms with E-state index in [9.17, 15) is 4.79 Å². The average Bonchev–Trinajstić information content (AvgIpc) is 2.66. The number of carbonyl (C=O) groups is 1. The van der Waals surface area contributed by atoms with Gasteiger partial charge in [0.1, 0.15) is 0 Å². The second kappa shape index (κ2) is 4.63. The molecule has 4 nitrogen and oxygen atoms in total. The van der Waals surface area contributed by atoms with Crippen LogP contribution in [0.5, 0.6) is 0 Å². The Morgan fingerprint density at radius 2 is 2.57 bits per heavy atom. The summed E-state index contributed by atoms with van der Waals surface area (Å²) in [4.78, 5) is 16.9. The van der Waals surface area contributed by atoms with Crippen molar-refractivity contribution in [1.29, 1.82) is 0 Å². The third-order valence-corrected chi connectivity index (χ3v) is 2.50. The molecule has 74 valence electrons. The van der Waals surface area contributed by atoms with Gasteiger partial charge in [-0.3, -0.25) is 0 Å². The standard InChI is InChI=1S/C9H10N2O2S/c1-4-5-11(2)9-10-7(6-14-9)8(12)13-3/h1,6H,5H2,2-3H3. The van der Waals surface area contributed by atoms with Gasteiger partial charge in [-0.25, -0.2) is 9.78 Å². The summed E-state index contributed by atoms with van der Waals surface area (Å²) in [6, 6.07) is 0. The van der Waals surface area contributed by atoms with Crippen molar-refractivity contribution in [1.82, 2.24) is 4.98 Å². The molecule has 0 fully saturated rings. The Labute approximate surface area is 86.5 Å². The number of rotatable bonds is 3. The summed E-state index contributed by atoms with van der Waals surface area (Å²) in [5.41, 5.74) is 0.316. The molecule has 1 heterocycles. The fourth-order valence-corrected chi connectivity index (χ4v) is 1.60. The predicted molar refractivity (Wildman–Crippen MR) is 55.6 cm³/mol. The number of thiazole rings is 1. The SMILES string of the molecule is C#CCN(C)c1nc(C(=O)OC)cs1.